The summed E-state index contributed by atoms with van der Waals surface area (Å²) in [5, 5.41) is 0. The predicted octanol–water partition coefficient (Wildman–Crippen LogP) is 4.49. The molecule has 0 nitrogen and oxygen atoms in total. The SMILES string of the molecule is CCC1C(C)C(C)CC1C1CCCC1. The molecule has 0 spiro atoms. The Morgan fingerprint density at radius 2 is 1.71 bits per heavy atom. The molecule has 2 aliphatic carbocycles. The zero-order valence-corrected chi connectivity index (χ0v) is 10.1. The van der Waals surface area contributed by atoms with Crippen molar-refractivity contribution in [1.29, 1.82) is 0 Å². The molecular formula is C14H26. The van der Waals surface area contributed by atoms with Crippen molar-refractivity contribution in [2.24, 2.45) is 29.6 Å². The second-order valence-corrected chi connectivity index (χ2v) is 5.85. The van der Waals surface area contributed by atoms with Crippen LogP contribution in [0.3, 0.4) is 0 Å². The molecule has 4 atom stereocenters. The van der Waals surface area contributed by atoms with Gasteiger partial charge in [-0.25, -0.2) is 0 Å². The van der Waals surface area contributed by atoms with Crippen molar-refractivity contribution in [1.82, 2.24) is 0 Å². The summed E-state index contributed by atoms with van der Waals surface area (Å²) in [5.74, 6) is 5.23. The maximum Gasteiger partial charge on any atom is -0.0352 e. The van der Waals surface area contributed by atoms with E-state index < -0.39 is 0 Å². The molecule has 14 heavy (non-hydrogen) atoms. The van der Waals surface area contributed by atoms with Crippen LogP contribution in [0.15, 0.2) is 0 Å². The van der Waals surface area contributed by atoms with E-state index in [9.17, 15) is 0 Å². The molecule has 0 aromatic heterocycles. The van der Waals surface area contributed by atoms with Gasteiger partial charge in [0.2, 0.25) is 0 Å². The highest BCUT2D eigenvalue weighted by Crippen LogP contribution is 2.50. The topological polar surface area (TPSA) is 0 Å². The lowest BCUT2D eigenvalue weighted by Crippen LogP contribution is -2.19. The minimum atomic E-state index is 0.991. The highest BCUT2D eigenvalue weighted by atomic mass is 14.5. The van der Waals surface area contributed by atoms with Crippen molar-refractivity contribution < 1.29 is 0 Å². The zero-order valence-electron chi connectivity index (χ0n) is 10.1. The van der Waals surface area contributed by atoms with E-state index in [1.807, 2.05) is 0 Å². The average molecular weight is 194 g/mol. The van der Waals surface area contributed by atoms with Crippen LogP contribution in [0.2, 0.25) is 0 Å². The highest BCUT2D eigenvalue weighted by molar-refractivity contribution is 4.90. The van der Waals surface area contributed by atoms with Crippen LogP contribution in [-0.2, 0) is 0 Å². The van der Waals surface area contributed by atoms with Crippen LogP contribution in [-0.4, -0.2) is 0 Å². The van der Waals surface area contributed by atoms with Crippen molar-refractivity contribution >= 4 is 0 Å². The summed E-state index contributed by atoms with van der Waals surface area (Å²) in [7, 11) is 0. The Kier molecular flexibility index (Phi) is 3.19. The third kappa shape index (κ3) is 1.73. The summed E-state index contributed by atoms with van der Waals surface area (Å²) in [5.41, 5.74) is 0. The number of hydrogen-bond donors (Lipinski definition) is 0. The summed E-state index contributed by atoms with van der Waals surface area (Å²) in [4.78, 5) is 0. The van der Waals surface area contributed by atoms with Crippen LogP contribution in [0, 0.1) is 29.6 Å². The molecule has 0 N–H and O–H groups in total. The molecule has 0 aliphatic heterocycles. The monoisotopic (exact) mass is 194 g/mol. The molecule has 0 amide bonds. The molecule has 2 fully saturated rings. The first-order chi connectivity index (χ1) is 6.74. The maximum absolute atomic E-state index is 2.49. The molecule has 4 unspecified atom stereocenters. The standard InChI is InChI=1S/C14H26/c1-4-13-11(3)10(2)9-14(13)12-7-5-6-8-12/h10-14H,4-9H2,1-3H3. The molecule has 2 rings (SSSR count). The molecule has 0 heterocycles. The summed E-state index contributed by atoms with van der Waals surface area (Å²) in [6.45, 7) is 7.37. The Morgan fingerprint density at radius 3 is 2.29 bits per heavy atom. The van der Waals surface area contributed by atoms with E-state index in [1.54, 1.807) is 12.8 Å². The largest absolute Gasteiger partial charge is 0.0651 e. The fraction of sp³-hybridized carbons (Fsp3) is 1.00. The molecule has 82 valence electrons. The molecule has 0 aromatic carbocycles. The van der Waals surface area contributed by atoms with Gasteiger partial charge in [0.25, 0.3) is 0 Å². The zero-order chi connectivity index (χ0) is 10.1. The first-order valence-electron chi connectivity index (χ1n) is 6.74. The van der Waals surface area contributed by atoms with Gasteiger partial charge in [-0.15, -0.1) is 0 Å². The number of hydrogen-bond acceptors (Lipinski definition) is 0. The average Bonchev–Trinajstić information content (AvgIpc) is 2.76. The van der Waals surface area contributed by atoms with Gasteiger partial charge in [-0.1, -0.05) is 52.9 Å². The Bertz CT molecular complexity index is 178. The van der Waals surface area contributed by atoms with Gasteiger partial charge >= 0.3 is 0 Å². The van der Waals surface area contributed by atoms with E-state index in [0.29, 0.717) is 0 Å². The van der Waals surface area contributed by atoms with E-state index in [0.717, 1.165) is 29.6 Å². The molecule has 0 heteroatoms. The van der Waals surface area contributed by atoms with Crippen LogP contribution in [0.4, 0.5) is 0 Å². The lowest BCUT2D eigenvalue weighted by Gasteiger charge is -2.26. The second-order valence-electron chi connectivity index (χ2n) is 5.85. The van der Waals surface area contributed by atoms with Crippen molar-refractivity contribution in [3.05, 3.63) is 0 Å². The van der Waals surface area contributed by atoms with Crippen LogP contribution in [0.5, 0.6) is 0 Å². The summed E-state index contributed by atoms with van der Waals surface area (Å²) in [6, 6.07) is 0. The minimum absolute atomic E-state index is 0.991. The Labute approximate surface area is 89.5 Å². The van der Waals surface area contributed by atoms with Crippen molar-refractivity contribution in [2.45, 2.75) is 59.3 Å². The lowest BCUT2D eigenvalue weighted by molar-refractivity contribution is 0.229. The Balaban J connectivity index is 2.03. The lowest BCUT2D eigenvalue weighted by atomic mass is 9.79. The van der Waals surface area contributed by atoms with Gasteiger partial charge in [0.05, 0.1) is 0 Å². The van der Waals surface area contributed by atoms with E-state index in [-0.39, 0.29) is 0 Å². The molecule has 0 aromatic rings. The summed E-state index contributed by atoms with van der Waals surface area (Å²) >= 11 is 0. The van der Waals surface area contributed by atoms with Gasteiger partial charge in [-0.3, -0.25) is 0 Å². The molecule has 2 saturated carbocycles. The van der Waals surface area contributed by atoms with Crippen LogP contribution in [0.25, 0.3) is 0 Å². The van der Waals surface area contributed by atoms with Crippen molar-refractivity contribution in [3.63, 3.8) is 0 Å². The van der Waals surface area contributed by atoms with E-state index in [2.05, 4.69) is 20.8 Å². The predicted molar refractivity (Wildman–Crippen MR) is 62.2 cm³/mol. The van der Waals surface area contributed by atoms with Gasteiger partial charge in [-0.05, 0) is 36.0 Å². The minimum Gasteiger partial charge on any atom is -0.0651 e. The maximum atomic E-state index is 2.49. The second kappa shape index (κ2) is 4.24. The summed E-state index contributed by atoms with van der Waals surface area (Å²) in [6.07, 6.45) is 9.07. The van der Waals surface area contributed by atoms with Crippen LogP contribution < -0.4 is 0 Å². The normalized spacial score (nSPS) is 44.8. The van der Waals surface area contributed by atoms with Crippen LogP contribution >= 0.6 is 0 Å². The first kappa shape index (κ1) is 10.5. The van der Waals surface area contributed by atoms with Crippen molar-refractivity contribution in [2.75, 3.05) is 0 Å². The van der Waals surface area contributed by atoms with Gasteiger partial charge < -0.3 is 0 Å². The van der Waals surface area contributed by atoms with E-state index in [4.69, 9.17) is 0 Å². The van der Waals surface area contributed by atoms with E-state index >= 15 is 0 Å². The molecule has 0 saturated heterocycles. The highest BCUT2D eigenvalue weighted by Gasteiger charge is 2.41. The molecule has 0 bridgehead atoms. The molecular weight excluding hydrogens is 168 g/mol. The molecule has 0 radical (unpaired) electrons. The fourth-order valence-corrected chi connectivity index (χ4v) is 4.23. The number of rotatable bonds is 2. The molecule has 2 aliphatic rings. The van der Waals surface area contributed by atoms with Gasteiger partial charge in [0, 0.05) is 0 Å². The summed E-state index contributed by atoms with van der Waals surface area (Å²) < 4.78 is 0. The van der Waals surface area contributed by atoms with Crippen LogP contribution in [0.1, 0.15) is 59.3 Å². The fourth-order valence-electron chi connectivity index (χ4n) is 4.23. The van der Waals surface area contributed by atoms with Gasteiger partial charge in [-0.2, -0.15) is 0 Å². The third-order valence-electron chi connectivity index (χ3n) is 5.24. The third-order valence-corrected chi connectivity index (χ3v) is 5.24. The van der Waals surface area contributed by atoms with Gasteiger partial charge in [0.1, 0.15) is 0 Å². The van der Waals surface area contributed by atoms with Gasteiger partial charge in [0.15, 0.2) is 0 Å². The quantitative estimate of drug-likeness (QED) is 0.607. The smallest absolute Gasteiger partial charge is 0.0352 e. The van der Waals surface area contributed by atoms with E-state index in [1.165, 1.54) is 25.7 Å². The Hall–Kier alpha value is 0. The first-order valence-corrected chi connectivity index (χ1v) is 6.74. The Morgan fingerprint density at radius 1 is 1.07 bits per heavy atom. The van der Waals surface area contributed by atoms with Crippen molar-refractivity contribution in [3.8, 4) is 0 Å².